The van der Waals surface area contributed by atoms with E-state index in [9.17, 15) is 12.8 Å². The highest BCUT2D eigenvalue weighted by molar-refractivity contribution is 7.89. The minimum Gasteiger partial charge on any atom is -0.207 e. The third-order valence-corrected chi connectivity index (χ3v) is 5.90. The van der Waals surface area contributed by atoms with Crippen LogP contribution in [-0.4, -0.2) is 25.8 Å². The maximum Gasteiger partial charge on any atom is 0.244 e. The molecule has 1 fully saturated rings. The second-order valence-electron chi connectivity index (χ2n) is 4.49. The van der Waals surface area contributed by atoms with Crippen molar-refractivity contribution in [2.45, 2.75) is 30.6 Å². The van der Waals surface area contributed by atoms with Crippen molar-refractivity contribution < 1.29 is 12.8 Å². The molecule has 106 valence electrons. The minimum absolute atomic E-state index is 0.181. The molecule has 0 unspecified atom stereocenters. The average molecular weight is 326 g/mol. The highest BCUT2D eigenvalue weighted by atomic mass is 35.5. The zero-order valence-corrected chi connectivity index (χ0v) is 12.5. The zero-order valence-electron chi connectivity index (χ0n) is 10.2. The molecule has 1 aromatic rings. The third kappa shape index (κ3) is 3.05. The molecule has 0 N–H and O–H groups in total. The molecular formula is C12H14Cl2FNO2S. The van der Waals surface area contributed by atoms with Gasteiger partial charge in [-0.1, -0.05) is 36.0 Å². The van der Waals surface area contributed by atoms with Crippen LogP contribution in [0.1, 0.15) is 25.7 Å². The maximum atomic E-state index is 13.6. The van der Waals surface area contributed by atoms with E-state index < -0.39 is 20.9 Å². The lowest BCUT2D eigenvalue weighted by atomic mass is 10.2. The first-order valence-corrected chi connectivity index (χ1v) is 8.28. The van der Waals surface area contributed by atoms with Gasteiger partial charge in [0, 0.05) is 13.1 Å². The normalized spacial score (nSPS) is 18.3. The molecule has 1 aromatic carbocycles. The summed E-state index contributed by atoms with van der Waals surface area (Å²) in [5, 5.41) is -0.614. The van der Waals surface area contributed by atoms with E-state index in [1.807, 2.05) is 0 Å². The maximum absolute atomic E-state index is 13.6. The number of hydrogen-bond acceptors (Lipinski definition) is 2. The van der Waals surface area contributed by atoms with E-state index in [1.165, 1.54) is 16.4 Å². The van der Waals surface area contributed by atoms with Crippen molar-refractivity contribution in [2.75, 3.05) is 13.1 Å². The molecule has 0 radical (unpaired) electrons. The van der Waals surface area contributed by atoms with Gasteiger partial charge in [-0.15, -0.1) is 0 Å². The van der Waals surface area contributed by atoms with Crippen molar-refractivity contribution in [3.05, 3.63) is 28.0 Å². The van der Waals surface area contributed by atoms with Crippen molar-refractivity contribution >= 4 is 33.2 Å². The van der Waals surface area contributed by atoms with Gasteiger partial charge in [0.15, 0.2) is 5.82 Å². The van der Waals surface area contributed by atoms with Crippen LogP contribution < -0.4 is 0 Å². The van der Waals surface area contributed by atoms with Crippen LogP contribution in [-0.2, 0) is 10.0 Å². The lowest BCUT2D eigenvalue weighted by Crippen LogP contribution is -2.32. The molecule has 1 aliphatic rings. The van der Waals surface area contributed by atoms with Gasteiger partial charge in [-0.05, 0) is 25.0 Å². The van der Waals surface area contributed by atoms with Crippen LogP contribution in [0.15, 0.2) is 17.0 Å². The van der Waals surface area contributed by atoms with E-state index >= 15 is 0 Å². The molecule has 1 heterocycles. The molecule has 0 aliphatic carbocycles. The highest BCUT2D eigenvalue weighted by Gasteiger charge is 2.29. The largest absolute Gasteiger partial charge is 0.244 e. The van der Waals surface area contributed by atoms with Gasteiger partial charge >= 0.3 is 0 Å². The van der Waals surface area contributed by atoms with Gasteiger partial charge in [-0.25, -0.2) is 12.8 Å². The van der Waals surface area contributed by atoms with Gasteiger partial charge < -0.3 is 0 Å². The van der Waals surface area contributed by atoms with E-state index in [2.05, 4.69) is 0 Å². The molecule has 0 saturated carbocycles. The van der Waals surface area contributed by atoms with Gasteiger partial charge in [0.05, 0.1) is 10.0 Å². The monoisotopic (exact) mass is 325 g/mol. The highest BCUT2D eigenvalue weighted by Crippen LogP contribution is 2.32. The number of hydrogen-bond donors (Lipinski definition) is 0. The molecule has 7 heteroatoms. The summed E-state index contributed by atoms with van der Waals surface area (Å²) in [7, 11) is -3.75. The summed E-state index contributed by atoms with van der Waals surface area (Å²) in [5.41, 5.74) is 0. The van der Waals surface area contributed by atoms with Gasteiger partial charge in [-0.2, -0.15) is 4.31 Å². The van der Waals surface area contributed by atoms with Crippen LogP contribution in [0.3, 0.4) is 0 Å². The van der Waals surface area contributed by atoms with Crippen LogP contribution in [0.5, 0.6) is 0 Å². The van der Waals surface area contributed by atoms with Gasteiger partial charge in [0.2, 0.25) is 10.0 Å². The Morgan fingerprint density at radius 2 is 1.63 bits per heavy atom. The van der Waals surface area contributed by atoms with E-state index in [-0.39, 0.29) is 9.92 Å². The topological polar surface area (TPSA) is 37.4 Å². The molecule has 3 nitrogen and oxygen atoms in total. The predicted octanol–water partition coefficient (Wildman–Crippen LogP) is 3.70. The Labute approximate surface area is 122 Å². The first kappa shape index (κ1) is 15.0. The first-order chi connectivity index (χ1) is 8.94. The summed E-state index contributed by atoms with van der Waals surface area (Å²) in [6.45, 7) is 0.895. The van der Waals surface area contributed by atoms with Gasteiger partial charge in [0.1, 0.15) is 4.90 Å². The lowest BCUT2D eigenvalue weighted by molar-refractivity contribution is 0.423. The van der Waals surface area contributed by atoms with Crippen LogP contribution >= 0.6 is 23.2 Å². The molecule has 0 aromatic heterocycles. The zero-order chi connectivity index (χ0) is 14.0. The Morgan fingerprint density at radius 3 is 2.21 bits per heavy atom. The van der Waals surface area contributed by atoms with Crippen molar-refractivity contribution in [3.63, 3.8) is 0 Å². The second-order valence-corrected chi connectivity index (χ2v) is 7.18. The molecule has 0 atom stereocenters. The van der Waals surface area contributed by atoms with Crippen LogP contribution in [0.2, 0.25) is 10.0 Å². The molecule has 0 spiro atoms. The number of benzene rings is 1. The Balaban J connectivity index is 2.41. The van der Waals surface area contributed by atoms with Crippen molar-refractivity contribution in [1.29, 1.82) is 0 Å². The lowest BCUT2D eigenvalue weighted by Gasteiger charge is -2.20. The number of rotatable bonds is 2. The summed E-state index contributed by atoms with van der Waals surface area (Å²) >= 11 is 11.4. The molecule has 0 bridgehead atoms. The fourth-order valence-corrected chi connectivity index (χ4v) is 4.36. The summed E-state index contributed by atoms with van der Waals surface area (Å²) in [6, 6.07) is 2.47. The fraction of sp³-hybridized carbons (Fsp3) is 0.500. The molecular weight excluding hydrogens is 312 g/mol. The first-order valence-electron chi connectivity index (χ1n) is 6.08. The molecule has 19 heavy (non-hydrogen) atoms. The summed E-state index contributed by atoms with van der Waals surface area (Å²) in [4.78, 5) is -0.210. The van der Waals surface area contributed by atoms with E-state index in [0.717, 1.165) is 25.7 Å². The van der Waals surface area contributed by atoms with Crippen LogP contribution in [0.4, 0.5) is 4.39 Å². The predicted molar refractivity (Wildman–Crippen MR) is 73.6 cm³/mol. The Kier molecular flexibility index (Phi) is 4.71. The summed E-state index contributed by atoms with van der Waals surface area (Å²) in [5.74, 6) is -0.890. The Bertz CT molecular complexity index is 569. The summed E-state index contributed by atoms with van der Waals surface area (Å²) < 4.78 is 39.9. The Hall–Kier alpha value is -0.360. The average Bonchev–Trinajstić information content (AvgIpc) is 2.65. The van der Waals surface area contributed by atoms with Crippen molar-refractivity contribution in [3.8, 4) is 0 Å². The molecule has 1 aliphatic heterocycles. The van der Waals surface area contributed by atoms with Gasteiger partial charge in [-0.3, -0.25) is 0 Å². The third-order valence-electron chi connectivity index (χ3n) is 3.18. The molecule has 0 amide bonds. The second kappa shape index (κ2) is 5.95. The van der Waals surface area contributed by atoms with Crippen LogP contribution in [0.25, 0.3) is 0 Å². The molecule has 2 rings (SSSR count). The van der Waals surface area contributed by atoms with Gasteiger partial charge in [0.25, 0.3) is 0 Å². The molecule has 1 saturated heterocycles. The SMILES string of the molecule is O=S(=O)(c1ccc(Cl)c(F)c1Cl)N1CCCCCC1. The van der Waals surface area contributed by atoms with E-state index in [0.29, 0.717) is 13.1 Å². The number of sulfonamides is 1. The van der Waals surface area contributed by atoms with Crippen molar-refractivity contribution in [1.82, 2.24) is 4.31 Å². The standard InChI is InChI=1S/C12H14Cl2FNO2S/c13-9-5-6-10(11(14)12(9)15)19(17,18)16-7-3-1-2-4-8-16/h5-6H,1-4,7-8H2. The Morgan fingerprint density at radius 1 is 1.05 bits per heavy atom. The number of halogens is 3. The smallest absolute Gasteiger partial charge is 0.207 e. The fourth-order valence-electron chi connectivity index (χ4n) is 2.13. The number of nitrogens with zero attached hydrogens (tertiary/aromatic N) is 1. The minimum atomic E-state index is -3.75. The van der Waals surface area contributed by atoms with Crippen molar-refractivity contribution in [2.24, 2.45) is 0 Å². The quantitative estimate of drug-likeness (QED) is 0.777. The van der Waals surface area contributed by atoms with E-state index in [1.54, 1.807) is 0 Å². The van der Waals surface area contributed by atoms with Crippen LogP contribution in [0, 0.1) is 5.82 Å². The summed E-state index contributed by atoms with van der Waals surface area (Å²) in [6.07, 6.45) is 3.64. The van der Waals surface area contributed by atoms with E-state index in [4.69, 9.17) is 23.2 Å².